The number of anilines is 1. The van der Waals surface area contributed by atoms with Crippen LogP contribution in [0.5, 0.6) is 11.5 Å². The van der Waals surface area contributed by atoms with E-state index in [4.69, 9.17) is 9.47 Å². The van der Waals surface area contributed by atoms with Crippen molar-refractivity contribution >= 4 is 39.1 Å². The van der Waals surface area contributed by atoms with Crippen LogP contribution < -0.4 is 20.3 Å². The summed E-state index contributed by atoms with van der Waals surface area (Å²) in [5, 5.41) is 12.6. The molecule has 0 radical (unpaired) electrons. The van der Waals surface area contributed by atoms with Gasteiger partial charge in [0.25, 0.3) is 11.5 Å². The number of carbonyl (C=O) groups is 2. The number of aromatic nitrogens is 2. The van der Waals surface area contributed by atoms with Gasteiger partial charge >= 0.3 is 5.97 Å². The molecule has 4 aromatic rings. The van der Waals surface area contributed by atoms with Gasteiger partial charge in [0.1, 0.15) is 4.83 Å². The first kappa shape index (κ1) is 23.0. The molecule has 10 heteroatoms. The Balaban J connectivity index is 1.71. The molecule has 4 rings (SSSR count). The largest absolute Gasteiger partial charge is 0.493 e. The summed E-state index contributed by atoms with van der Waals surface area (Å²) in [6.07, 6.45) is 1.46. The van der Waals surface area contributed by atoms with Gasteiger partial charge in [-0.2, -0.15) is 0 Å². The third kappa shape index (κ3) is 4.23. The minimum Gasteiger partial charge on any atom is -0.493 e. The Morgan fingerprint density at radius 2 is 1.79 bits per heavy atom. The van der Waals surface area contributed by atoms with Gasteiger partial charge in [0.2, 0.25) is 0 Å². The number of carboxylic acid groups (broad SMARTS) is 1. The van der Waals surface area contributed by atoms with E-state index in [-0.39, 0.29) is 33.2 Å². The van der Waals surface area contributed by atoms with Crippen LogP contribution in [0.3, 0.4) is 0 Å². The van der Waals surface area contributed by atoms with Crippen LogP contribution in [0.1, 0.15) is 31.2 Å². The minimum absolute atomic E-state index is 0.0430. The zero-order chi connectivity index (χ0) is 24.4. The molecule has 0 saturated carbocycles. The molecular weight excluding hydrogens is 458 g/mol. The van der Waals surface area contributed by atoms with E-state index in [2.05, 4.69) is 10.3 Å². The van der Waals surface area contributed by atoms with Crippen LogP contribution in [0.25, 0.3) is 10.2 Å². The Morgan fingerprint density at radius 3 is 2.44 bits per heavy atom. The molecule has 0 unspecified atom stereocenters. The van der Waals surface area contributed by atoms with Crippen LogP contribution in [0.4, 0.5) is 5.69 Å². The second kappa shape index (κ2) is 9.36. The maximum atomic E-state index is 13.1. The molecule has 2 heterocycles. The summed E-state index contributed by atoms with van der Waals surface area (Å²) in [7, 11) is 2.80. The van der Waals surface area contributed by atoms with Crippen LogP contribution >= 0.6 is 11.3 Å². The summed E-state index contributed by atoms with van der Waals surface area (Å²) in [6, 6.07) is 12.2. The van der Waals surface area contributed by atoms with Crippen molar-refractivity contribution in [3.63, 3.8) is 0 Å². The van der Waals surface area contributed by atoms with Gasteiger partial charge in [-0.05, 0) is 18.1 Å². The number of methoxy groups -OCH3 is 2. The number of aromatic carboxylic acids is 1. The van der Waals surface area contributed by atoms with E-state index in [1.54, 1.807) is 6.92 Å². The van der Waals surface area contributed by atoms with Gasteiger partial charge in [-0.1, -0.05) is 30.3 Å². The molecule has 0 spiro atoms. The third-order valence-electron chi connectivity index (χ3n) is 5.32. The highest BCUT2D eigenvalue weighted by atomic mass is 32.1. The Bertz CT molecular complexity index is 1460. The van der Waals surface area contributed by atoms with Crippen molar-refractivity contribution in [3.8, 4) is 11.5 Å². The van der Waals surface area contributed by atoms with E-state index in [0.29, 0.717) is 22.3 Å². The Kier molecular flexibility index (Phi) is 6.33. The highest BCUT2D eigenvalue weighted by molar-refractivity contribution is 7.20. The van der Waals surface area contributed by atoms with Crippen molar-refractivity contribution in [2.24, 2.45) is 0 Å². The van der Waals surface area contributed by atoms with Crippen molar-refractivity contribution in [1.82, 2.24) is 9.55 Å². The number of rotatable bonds is 7. The molecule has 1 amide bonds. The number of benzene rings is 2. The predicted octanol–water partition coefficient (Wildman–Crippen LogP) is 3.78. The fraction of sp³-hybridized carbons (Fsp3) is 0.167. The first-order valence-electron chi connectivity index (χ1n) is 10.2. The average Bonchev–Trinajstić information content (AvgIpc) is 3.18. The van der Waals surface area contributed by atoms with Gasteiger partial charge in [-0.25, -0.2) is 9.78 Å². The fourth-order valence-corrected chi connectivity index (χ4v) is 4.64. The highest BCUT2D eigenvalue weighted by Gasteiger charge is 2.23. The lowest BCUT2D eigenvalue weighted by Crippen LogP contribution is -2.21. The maximum absolute atomic E-state index is 13.1. The monoisotopic (exact) mass is 479 g/mol. The van der Waals surface area contributed by atoms with Crippen LogP contribution in [0, 0.1) is 6.92 Å². The van der Waals surface area contributed by atoms with Gasteiger partial charge in [0.15, 0.2) is 11.5 Å². The van der Waals surface area contributed by atoms with E-state index >= 15 is 0 Å². The average molecular weight is 480 g/mol. The number of carbonyl (C=O) groups excluding carboxylic acids is 1. The van der Waals surface area contributed by atoms with E-state index in [1.807, 2.05) is 30.3 Å². The first-order valence-corrected chi connectivity index (χ1v) is 11.0. The highest BCUT2D eigenvalue weighted by Crippen LogP contribution is 2.34. The molecule has 2 aromatic heterocycles. The molecule has 2 aromatic carbocycles. The molecule has 9 nitrogen and oxygen atoms in total. The molecule has 0 aliphatic rings. The van der Waals surface area contributed by atoms with Crippen molar-refractivity contribution < 1.29 is 24.2 Å². The van der Waals surface area contributed by atoms with Crippen molar-refractivity contribution in [3.05, 3.63) is 80.7 Å². The number of fused-ring (bicyclic) bond motifs is 1. The van der Waals surface area contributed by atoms with Crippen molar-refractivity contribution in [2.45, 2.75) is 13.5 Å². The second-order valence-corrected chi connectivity index (χ2v) is 8.41. The normalized spacial score (nSPS) is 10.8. The number of nitrogens with one attached hydrogen (secondary N) is 1. The van der Waals surface area contributed by atoms with Gasteiger partial charge in [0, 0.05) is 12.1 Å². The lowest BCUT2D eigenvalue weighted by atomic mass is 10.1. The van der Waals surface area contributed by atoms with Crippen LogP contribution in [0.15, 0.2) is 53.6 Å². The fourth-order valence-electron chi connectivity index (χ4n) is 3.61. The molecule has 174 valence electrons. The Hall–Kier alpha value is -4.18. The summed E-state index contributed by atoms with van der Waals surface area (Å²) >= 11 is 1.07. The van der Waals surface area contributed by atoms with Crippen LogP contribution in [0.2, 0.25) is 0 Å². The zero-order valence-electron chi connectivity index (χ0n) is 18.6. The lowest BCUT2D eigenvalue weighted by molar-refractivity contribution is 0.0697. The van der Waals surface area contributed by atoms with Crippen molar-refractivity contribution in [1.29, 1.82) is 0 Å². The molecular formula is C24H21N3O6S. The van der Waals surface area contributed by atoms with Crippen molar-refractivity contribution in [2.75, 3.05) is 19.5 Å². The number of aryl methyl sites for hydroxylation is 1. The van der Waals surface area contributed by atoms with Crippen LogP contribution in [-0.2, 0) is 6.54 Å². The Labute approximate surface area is 198 Å². The molecule has 2 N–H and O–H groups in total. The number of hydrogen-bond acceptors (Lipinski definition) is 7. The van der Waals surface area contributed by atoms with E-state index in [9.17, 15) is 19.5 Å². The second-order valence-electron chi connectivity index (χ2n) is 7.41. The lowest BCUT2D eigenvalue weighted by Gasteiger charge is -2.13. The van der Waals surface area contributed by atoms with Gasteiger partial charge < -0.3 is 19.9 Å². The maximum Gasteiger partial charge on any atom is 0.337 e. The number of carboxylic acids is 1. The quantitative estimate of drug-likeness (QED) is 0.414. The minimum atomic E-state index is -1.24. The number of ether oxygens (including phenoxy) is 2. The number of hydrogen-bond donors (Lipinski definition) is 2. The molecule has 34 heavy (non-hydrogen) atoms. The van der Waals surface area contributed by atoms with Gasteiger partial charge in [0.05, 0.1) is 48.6 Å². The molecule has 0 aliphatic heterocycles. The number of thiophene rings is 1. The standard InChI is InChI=1S/C24H21N3O6S/c1-13-19-22(25-12-27(23(19)29)11-14-7-5-4-6-8-14)34-20(13)21(28)26-16-10-18(33-3)17(32-2)9-15(16)24(30)31/h4-10,12H,11H2,1-3H3,(H,26,28)(H,30,31). The van der Waals surface area contributed by atoms with Gasteiger partial charge in [-0.3, -0.25) is 14.2 Å². The molecule has 0 bridgehead atoms. The number of nitrogens with zero attached hydrogens (tertiary/aromatic N) is 2. The Morgan fingerprint density at radius 1 is 1.12 bits per heavy atom. The predicted molar refractivity (Wildman–Crippen MR) is 129 cm³/mol. The van der Waals surface area contributed by atoms with Gasteiger partial charge in [-0.15, -0.1) is 11.3 Å². The zero-order valence-corrected chi connectivity index (χ0v) is 19.4. The van der Waals surface area contributed by atoms with E-state index < -0.39 is 11.9 Å². The molecule has 0 fully saturated rings. The number of amides is 1. The van der Waals surface area contributed by atoms with E-state index in [0.717, 1.165) is 16.9 Å². The topological polar surface area (TPSA) is 120 Å². The summed E-state index contributed by atoms with van der Waals surface area (Å²) in [6.45, 7) is 2.03. The SMILES string of the molecule is COc1cc(NC(=O)c2sc3ncn(Cc4ccccc4)c(=O)c3c2C)c(C(=O)O)cc1OC. The summed E-state index contributed by atoms with van der Waals surface area (Å²) < 4.78 is 11.9. The molecule has 0 saturated heterocycles. The summed E-state index contributed by atoms with van der Waals surface area (Å²) in [5.74, 6) is -1.31. The van der Waals surface area contributed by atoms with Crippen LogP contribution in [-0.4, -0.2) is 40.8 Å². The smallest absolute Gasteiger partial charge is 0.337 e. The van der Waals surface area contributed by atoms with E-state index in [1.165, 1.54) is 37.2 Å². The third-order valence-corrected chi connectivity index (χ3v) is 6.52. The first-order chi connectivity index (χ1) is 16.3. The summed E-state index contributed by atoms with van der Waals surface area (Å²) in [4.78, 5) is 43.1. The summed E-state index contributed by atoms with van der Waals surface area (Å²) in [5.41, 5.74) is 1.06. The molecule has 0 atom stereocenters. The molecule has 0 aliphatic carbocycles.